The minimum atomic E-state index is -3.84. The number of halogens is 2. The second kappa shape index (κ2) is 10.1. The van der Waals surface area contributed by atoms with Crippen molar-refractivity contribution >= 4 is 56.5 Å². The van der Waals surface area contributed by atoms with Crippen LogP contribution in [0.5, 0.6) is 0 Å². The number of thiocarbonyl (C=S) groups is 1. The van der Waals surface area contributed by atoms with E-state index in [0.717, 1.165) is 0 Å². The van der Waals surface area contributed by atoms with Crippen LogP contribution < -0.4 is 15.4 Å². The Labute approximate surface area is 204 Å². The third-order valence-corrected chi connectivity index (χ3v) is 6.22. The van der Waals surface area contributed by atoms with Crippen molar-refractivity contribution < 1.29 is 12.8 Å². The molecule has 4 aromatic rings. The highest BCUT2D eigenvalue weighted by atomic mass is 35.5. The van der Waals surface area contributed by atoms with Crippen molar-refractivity contribution in [1.29, 1.82) is 0 Å². The molecule has 0 amide bonds. The van der Waals surface area contributed by atoms with Gasteiger partial charge in [-0.25, -0.2) is 37.2 Å². The summed E-state index contributed by atoms with van der Waals surface area (Å²) in [6.45, 7) is 0.298. The van der Waals surface area contributed by atoms with Crippen molar-refractivity contribution in [1.82, 2.24) is 24.7 Å². The third-order valence-electron chi connectivity index (χ3n) is 4.32. The average Bonchev–Trinajstić information content (AvgIpc) is 3.23. The Balaban J connectivity index is 1.34. The van der Waals surface area contributed by atoms with E-state index in [1.807, 2.05) is 0 Å². The summed E-state index contributed by atoms with van der Waals surface area (Å²) < 4.78 is 41.9. The van der Waals surface area contributed by atoms with Crippen LogP contribution >= 0.6 is 23.8 Å². The molecule has 0 spiro atoms. The maximum absolute atomic E-state index is 13.2. The van der Waals surface area contributed by atoms with Crippen LogP contribution in [-0.2, 0) is 16.6 Å². The van der Waals surface area contributed by atoms with Crippen molar-refractivity contribution in [2.75, 3.05) is 15.4 Å². The van der Waals surface area contributed by atoms with Gasteiger partial charge >= 0.3 is 0 Å². The molecule has 2 aromatic carbocycles. The number of anilines is 3. The van der Waals surface area contributed by atoms with Gasteiger partial charge in [0, 0.05) is 23.1 Å². The van der Waals surface area contributed by atoms with Crippen LogP contribution in [0.1, 0.15) is 5.56 Å². The fourth-order valence-corrected chi connectivity index (χ4v) is 4.16. The maximum atomic E-state index is 13.2. The van der Waals surface area contributed by atoms with Gasteiger partial charge in [0.25, 0.3) is 10.0 Å². The molecule has 4 rings (SSSR count). The molecule has 0 atom stereocenters. The van der Waals surface area contributed by atoms with Crippen molar-refractivity contribution in [3.8, 4) is 0 Å². The monoisotopic (exact) mass is 518 g/mol. The molecule has 2 aromatic heterocycles. The molecule has 3 N–H and O–H groups in total. The molecule has 0 aliphatic carbocycles. The Bertz CT molecular complexity index is 1420. The highest BCUT2D eigenvalue weighted by Crippen LogP contribution is 2.19. The Hall–Kier alpha value is -3.68. The van der Waals surface area contributed by atoms with Crippen LogP contribution in [0, 0.1) is 5.82 Å². The summed E-state index contributed by atoms with van der Waals surface area (Å²) in [6.07, 6.45) is 4.34. The summed E-state index contributed by atoms with van der Waals surface area (Å²) in [5.41, 5.74) is 1.23. The zero-order chi connectivity index (χ0) is 24.1. The van der Waals surface area contributed by atoms with Gasteiger partial charge < -0.3 is 5.32 Å². The van der Waals surface area contributed by atoms with Crippen molar-refractivity contribution in [3.63, 3.8) is 0 Å². The molecule has 0 unspecified atom stereocenters. The van der Waals surface area contributed by atoms with E-state index in [1.165, 1.54) is 47.7 Å². The molecule has 0 bridgehead atoms. The van der Waals surface area contributed by atoms with E-state index in [4.69, 9.17) is 23.8 Å². The third kappa shape index (κ3) is 6.01. The molecule has 0 aliphatic rings. The first kappa shape index (κ1) is 23.5. The summed E-state index contributed by atoms with van der Waals surface area (Å²) >= 11 is 11.3. The number of sulfonamides is 1. The lowest BCUT2D eigenvalue weighted by Gasteiger charge is -2.10. The molecular weight excluding hydrogens is 503 g/mol. The van der Waals surface area contributed by atoms with Crippen LogP contribution in [0.4, 0.5) is 22.0 Å². The van der Waals surface area contributed by atoms with E-state index in [9.17, 15) is 12.8 Å². The quantitative estimate of drug-likeness (QED) is 0.315. The molecular formula is C20H16ClFN8O2S2. The average molecular weight is 519 g/mol. The molecule has 2 heterocycles. The second-order valence-corrected chi connectivity index (χ2v) is 9.28. The molecule has 0 saturated carbocycles. The number of nitrogens with zero attached hydrogens (tertiary/aromatic N) is 5. The first-order valence-corrected chi connectivity index (χ1v) is 11.9. The number of rotatable bonds is 7. The van der Waals surface area contributed by atoms with E-state index < -0.39 is 15.8 Å². The number of benzene rings is 2. The molecule has 14 heteroatoms. The summed E-state index contributed by atoms with van der Waals surface area (Å²) in [5.74, 6) is -0.205. The lowest BCUT2D eigenvalue weighted by atomic mass is 10.2. The second-order valence-electron chi connectivity index (χ2n) is 6.78. The first-order chi connectivity index (χ1) is 16.3. The van der Waals surface area contributed by atoms with E-state index in [0.29, 0.717) is 22.8 Å². The summed E-state index contributed by atoms with van der Waals surface area (Å²) in [6, 6.07) is 11.6. The Morgan fingerprint density at radius 3 is 2.47 bits per heavy atom. The Morgan fingerprint density at radius 2 is 1.76 bits per heavy atom. The predicted octanol–water partition coefficient (Wildman–Crippen LogP) is 3.52. The predicted molar refractivity (Wildman–Crippen MR) is 130 cm³/mol. The van der Waals surface area contributed by atoms with Gasteiger partial charge in [-0.3, -0.25) is 5.32 Å². The largest absolute Gasteiger partial charge is 0.332 e. The van der Waals surface area contributed by atoms with Gasteiger partial charge in [0.05, 0.1) is 11.4 Å². The minimum Gasteiger partial charge on any atom is -0.332 e. The zero-order valence-corrected chi connectivity index (χ0v) is 19.6. The van der Waals surface area contributed by atoms with Crippen LogP contribution in [-0.4, -0.2) is 38.3 Å². The van der Waals surface area contributed by atoms with E-state index in [1.54, 1.807) is 24.3 Å². The molecule has 10 nitrogen and oxygen atoms in total. The van der Waals surface area contributed by atoms with E-state index >= 15 is 0 Å². The van der Waals surface area contributed by atoms with E-state index in [-0.39, 0.29) is 21.9 Å². The SMILES string of the molecule is O=S(=O)(Nc1ncccn1)c1ccc(NC(=S)Nc2ncn(Cc3ccc(F)cc3Cl)n2)cc1. The van der Waals surface area contributed by atoms with Crippen molar-refractivity contribution in [2.24, 2.45) is 0 Å². The van der Waals surface area contributed by atoms with Gasteiger partial charge in [0.15, 0.2) is 5.11 Å². The number of aromatic nitrogens is 5. The van der Waals surface area contributed by atoms with Crippen LogP contribution in [0.15, 0.2) is 72.1 Å². The molecule has 0 fully saturated rings. The lowest BCUT2D eigenvalue weighted by Crippen LogP contribution is -2.20. The van der Waals surface area contributed by atoms with Crippen molar-refractivity contribution in [3.05, 3.63) is 83.7 Å². The maximum Gasteiger partial charge on any atom is 0.264 e. The summed E-state index contributed by atoms with van der Waals surface area (Å²) in [7, 11) is -3.84. The number of nitrogens with one attached hydrogen (secondary N) is 3. The lowest BCUT2D eigenvalue weighted by molar-refractivity contribution is 0.601. The summed E-state index contributed by atoms with van der Waals surface area (Å²) in [5, 5.41) is 10.5. The van der Waals surface area contributed by atoms with Gasteiger partial charge in [-0.15, -0.1) is 5.10 Å². The topological polar surface area (TPSA) is 127 Å². The molecule has 174 valence electrons. The van der Waals surface area contributed by atoms with Crippen LogP contribution in [0.3, 0.4) is 0 Å². The summed E-state index contributed by atoms with van der Waals surface area (Å²) in [4.78, 5) is 11.8. The molecule has 0 aliphatic heterocycles. The fraction of sp³-hybridized carbons (Fsp3) is 0.0500. The van der Waals surface area contributed by atoms with E-state index in [2.05, 4.69) is 35.4 Å². The van der Waals surface area contributed by atoms with Crippen LogP contribution in [0.25, 0.3) is 0 Å². The number of hydrogen-bond donors (Lipinski definition) is 3. The van der Waals surface area contributed by atoms with Gasteiger partial charge in [-0.2, -0.15) is 0 Å². The first-order valence-electron chi connectivity index (χ1n) is 9.60. The van der Waals surface area contributed by atoms with Gasteiger partial charge in [-0.1, -0.05) is 17.7 Å². The zero-order valence-electron chi connectivity index (χ0n) is 17.2. The van der Waals surface area contributed by atoms with Crippen LogP contribution in [0.2, 0.25) is 5.02 Å². The minimum absolute atomic E-state index is 0.0243. The Morgan fingerprint density at radius 1 is 1.03 bits per heavy atom. The highest BCUT2D eigenvalue weighted by Gasteiger charge is 2.15. The fourth-order valence-electron chi connectivity index (χ4n) is 2.76. The molecule has 34 heavy (non-hydrogen) atoms. The number of hydrogen-bond acceptors (Lipinski definition) is 7. The van der Waals surface area contributed by atoms with Gasteiger partial charge in [0.2, 0.25) is 11.9 Å². The molecule has 0 radical (unpaired) electrons. The van der Waals surface area contributed by atoms with Gasteiger partial charge in [-0.05, 0) is 60.2 Å². The van der Waals surface area contributed by atoms with Crippen molar-refractivity contribution in [2.45, 2.75) is 11.4 Å². The smallest absolute Gasteiger partial charge is 0.264 e. The van der Waals surface area contributed by atoms with Gasteiger partial charge in [0.1, 0.15) is 12.1 Å². The Kier molecular flexibility index (Phi) is 6.95. The molecule has 0 saturated heterocycles. The standard InChI is InChI=1S/C20H16ClFN8O2S2/c21-17-10-14(22)3-2-13(17)11-30-12-25-19(28-30)27-20(33)26-15-4-6-16(7-5-15)34(31,32)29-18-23-8-1-9-24-18/h1-10,12H,11H2,(H,23,24,29)(H2,26,27,28,33). The normalized spacial score (nSPS) is 11.1. The highest BCUT2D eigenvalue weighted by molar-refractivity contribution is 7.92.